The summed E-state index contributed by atoms with van der Waals surface area (Å²) in [6.45, 7) is 11.4. The van der Waals surface area contributed by atoms with Crippen molar-refractivity contribution in [3.8, 4) is 0 Å². The third-order valence-electron chi connectivity index (χ3n) is 3.79. The van der Waals surface area contributed by atoms with Gasteiger partial charge in [0, 0.05) is 11.7 Å². The third-order valence-corrected chi connectivity index (χ3v) is 3.79. The number of hydrogen-bond donors (Lipinski definition) is 0. The van der Waals surface area contributed by atoms with Crippen LogP contribution in [0.25, 0.3) is 0 Å². The zero-order chi connectivity index (χ0) is 14.0. The van der Waals surface area contributed by atoms with Crippen molar-refractivity contribution in [1.29, 1.82) is 0 Å². The first-order valence-corrected chi connectivity index (χ1v) is 7.09. The molecule has 1 aromatic carbocycles. The highest BCUT2D eigenvalue weighted by atomic mass is 15.2. The molecule has 0 aromatic heterocycles. The Morgan fingerprint density at radius 1 is 1.11 bits per heavy atom. The van der Waals surface area contributed by atoms with Crippen molar-refractivity contribution in [3.05, 3.63) is 59.8 Å². The van der Waals surface area contributed by atoms with Crippen LogP contribution in [0.4, 0.5) is 0 Å². The summed E-state index contributed by atoms with van der Waals surface area (Å²) in [5, 5.41) is 0. The largest absolute Gasteiger partial charge is 0.361 e. The molecule has 2 atom stereocenters. The Bertz CT molecular complexity index is 476. The Hall–Kier alpha value is -1.50. The third kappa shape index (κ3) is 2.91. The lowest BCUT2D eigenvalue weighted by Crippen LogP contribution is -2.41. The van der Waals surface area contributed by atoms with Gasteiger partial charge in [0.2, 0.25) is 0 Å². The fraction of sp³-hybridized carbons (Fsp3) is 0.444. The van der Waals surface area contributed by atoms with Crippen molar-refractivity contribution in [2.24, 2.45) is 5.41 Å². The van der Waals surface area contributed by atoms with E-state index in [1.165, 1.54) is 11.3 Å². The van der Waals surface area contributed by atoms with Gasteiger partial charge in [-0.05, 0) is 30.9 Å². The van der Waals surface area contributed by atoms with Gasteiger partial charge in [-0.25, -0.2) is 0 Å². The Morgan fingerprint density at radius 2 is 1.74 bits per heavy atom. The molecule has 1 heterocycles. The summed E-state index contributed by atoms with van der Waals surface area (Å²) in [6.07, 6.45) is 6.65. The van der Waals surface area contributed by atoms with Crippen LogP contribution in [0.5, 0.6) is 0 Å². The normalized spacial score (nSPS) is 21.2. The van der Waals surface area contributed by atoms with Gasteiger partial charge in [-0.1, -0.05) is 63.3 Å². The first-order valence-electron chi connectivity index (χ1n) is 7.09. The van der Waals surface area contributed by atoms with Gasteiger partial charge >= 0.3 is 0 Å². The maximum atomic E-state index is 2.54. The lowest BCUT2D eigenvalue weighted by atomic mass is 9.80. The van der Waals surface area contributed by atoms with Crippen LogP contribution in [0.3, 0.4) is 0 Å². The molecule has 0 saturated heterocycles. The first kappa shape index (κ1) is 13.9. The Morgan fingerprint density at radius 3 is 2.26 bits per heavy atom. The average Bonchev–Trinajstić information content (AvgIpc) is 2.33. The smallest absolute Gasteiger partial charge is 0.0593 e. The zero-order valence-electron chi connectivity index (χ0n) is 12.7. The molecule has 0 fully saturated rings. The fourth-order valence-electron chi connectivity index (χ4n) is 3.01. The second-order valence-corrected chi connectivity index (χ2v) is 6.52. The van der Waals surface area contributed by atoms with Crippen LogP contribution in [0.2, 0.25) is 0 Å². The van der Waals surface area contributed by atoms with Crippen molar-refractivity contribution in [3.63, 3.8) is 0 Å². The number of hydrogen-bond acceptors (Lipinski definition) is 1. The molecule has 1 aliphatic rings. The standard InChI is InChI=1S/C18H25N/c1-14-10-9-11-15(2)19(14)17(18(3,4)5)16-12-7-6-8-13-16/h6-14,17H,1-5H3. The van der Waals surface area contributed by atoms with E-state index in [-0.39, 0.29) is 5.41 Å². The van der Waals surface area contributed by atoms with Crippen molar-refractivity contribution in [2.75, 3.05) is 0 Å². The highest BCUT2D eigenvalue weighted by molar-refractivity contribution is 5.27. The minimum Gasteiger partial charge on any atom is -0.361 e. The molecule has 1 heteroatoms. The van der Waals surface area contributed by atoms with Gasteiger partial charge in [-0.15, -0.1) is 0 Å². The van der Waals surface area contributed by atoms with E-state index in [2.05, 4.69) is 88.1 Å². The average molecular weight is 255 g/mol. The Labute approximate surface area is 117 Å². The molecule has 1 aliphatic heterocycles. The zero-order valence-corrected chi connectivity index (χ0v) is 12.7. The molecule has 19 heavy (non-hydrogen) atoms. The van der Waals surface area contributed by atoms with E-state index in [1.54, 1.807) is 0 Å². The SMILES string of the molecule is CC1=CC=CC(C)N1C(c1ccccc1)C(C)(C)C. The van der Waals surface area contributed by atoms with Crippen LogP contribution in [0.1, 0.15) is 46.2 Å². The number of benzene rings is 1. The van der Waals surface area contributed by atoms with Gasteiger partial charge in [0.1, 0.15) is 0 Å². The monoisotopic (exact) mass is 255 g/mol. The van der Waals surface area contributed by atoms with E-state index < -0.39 is 0 Å². The van der Waals surface area contributed by atoms with Crippen molar-refractivity contribution < 1.29 is 0 Å². The lowest BCUT2D eigenvalue weighted by molar-refractivity contribution is 0.114. The fourth-order valence-corrected chi connectivity index (χ4v) is 3.01. The molecule has 0 spiro atoms. The maximum absolute atomic E-state index is 2.54. The molecule has 0 N–H and O–H groups in total. The molecular formula is C18H25N. The molecule has 1 nitrogen and oxygen atoms in total. The van der Waals surface area contributed by atoms with Crippen LogP contribution in [-0.2, 0) is 0 Å². The van der Waals surface area contributed by atoms with Gasteiger partial charge in [-0.2, -0.15) is 0 Å². The van der Waals surface area contributed by atoms with E-state index in [9.17, 15) is 0 Å². The van der Waals surface area contributed by atoms with Gasteiger partial charge in [0.25, 0.3) is 0 Å². The molecule has 102 valence electrons. The summed E-state index contributed by atoms with van der Waals surface area (Å²) in [6, 6.07) is 11.7. The maximum Gasteiger partial charge on any atom is 0.0593 e. The second-order valence-electron chi connectivity index (χ2n) is 6.52. The molecule has 0 amide bonds. The van der Waals surface area contributed by atoms with E-state index in [0.29, 0.717) is 12.1 Å². The molecule has 2 rings (SSSR count). The van der Waals surface area contributed by atoms with E-state index in [1.807, 2.05) is 0 Å². The summed E-state index contributed by atoms with van der Waals surface area (Å²) in [5.74, 6) is 0. The highest BCUT2D eigenvalue weighted by Crippen LogP contribution is 2.41. The number of rotatable bonds is 2. The van der Waals surface area contributed by atoms with E-state index in [4.69, 9.17) is 0 Å². The van der Waals surface area contributed by atoms with Crippen molar-refractivity contribution >= 4 is 0 Å². The van der Waals surface area contributed by atoms with Gasteiger partial charge in [0.05, 0.1) is 6.04 Å². The Kier molecular flexibility index (Phi) is 3.84. The number of nitrogens with zero attached hydrogens (tertiary/aromatic N) is 1. The van der Waals surface area contributed by atoms with Crippen molar-refractivity contribution in [1.82, 2.24) is 4.90 Å². The summed E-state index contributed by atoms with van der Waals surface area (Å²) >= 11 is 0. The van der Waals surface area contributed by atoms with E-state index >= 15 is 0 Å². The van der Waals surface area contributed by atoms with Crippen molar-refractivity contribution in [2.45, 2.75) is 46.7 Å². The number of allylic oxidation sites excluding steroid dienone is 3. The van der Waals surface area contributed by atoms with Crippen LogP contribution in [0.15, 0.2) is 54.3 Å². The second kappa shape index (κ2) is 5.24. The van der Waals surface area contributed by atoms with Crippen LogP contribution < -0.4 is 0 Å². The van der Waals surface area contributed by atoms with Crippen LogP contribution in [-0.4, -0.2) is 10.9 Å². The molecule has 2 unspecified atom stereocenters. The Balaban J connectivity index is 2.45. The highest BCUT2D eigenvalue weighted by Gasteiger charge is 2.34. The minimum absolute atomic E-state index is 0.190. The molecular weight excluding hydrogens is 230 g/mol. The quantitative estimate of drug-likeness (QED) is 0.723. The first-order chi connectivity index (χ1) is 8.91. The predicted octanol–water partition coefficient (Wildman–Crippen LogP) is 4.94. The minimum atomic E-state index is 0.190. The van der Waals surface area contributed by atoms with Crippen LogP contribution >= 0.6 is 0 Å². The van der Waals surface area contributed by atoms with Crippen LogP contribution in [0, 0.1) is 5.41 Å². The molecule has 0 saturated carbocycles. The van der Waals surface area contributed by atoms with Gasteiger partial charge in [0.15, 0.2) is 0 Å². The van der Waals surface area contributed by atoms with Gasteiger partial charge < -0.3 is 4.90 Å². The predicted molar refractivity (Wildman–Crippen MR) is 82.8 cm³/mol. The summed E-state index contributed by atoms with van der Waals surface area (Å²) in [4.78, 5) is 2.54. The molecule has 0 radical (unpaired) electrons. The summed E-state index contributed by atoms with van der Waals surface area (Å²) in [7, 11) is 0. The lowest BCUT2D eigenvalue weighted by Gasteiger charge is -2.46. The summed E-state index contributed by atoms with van der Waals surface area (Å²) < 4.78 is 0. The molecule has 1 aromatic rings. The van der Waals surface area contributed by atoms with Gasteiger partial charge in [-0.3, -0.25) is 0 Å². The molecule has 0 aliphatic carbocycles. The topological polar surface area (TPSA) is 3.24 Å². The molecule has 0 bridgehead atoms. The summed E-state index contributed by atoms with van der Waals surface area (Å²) in [5.41, 5.74) is 2.93. The van der Waals surface area contributed by atoms with E-state index in [0.717, 1.165) is 0 Å².